The molecule has 2 rings (SSSR count). The van der Waals surface area contributed by atoms with Gasteiger partial charge in [0.05, 0.1) is 0 Å². The molecule has 0 saturated carbocycles. The molecule has 2 heterocycles. The third-order valence-corrected chi connectivity index (χ3v) is 4.32. The van der Waals surface area contributed by atoms with Gasteiger partial charge >= 0.3 is 0 Å². The number of rotatable bonds is 3. The SMILES string of the molecule is CC(C)N1CCC(NC(=O)C2CCNCC2)CC1. The first kappa shape index (κ1) is 13.8. The van der Waals surface area contributed by atoms with Gasteiger partial charge in [-0.25, -0.2) is 0 Å². The van der Waals surface area contributed by atoms with Gasteiger partial charge in [-0.2, -0.15) is 0 Å². The van der Waals surface area contributed by atoms with Gasteiger partial charge < -0.3 is 15.5 Å². The topological polar surface area (TPSA) is 44.4 Å². The maximum absolute atomic E-state index is 12.1. The van der Waals surface area contributed by atoms with E-state index in [4.69, 9.17) is 0 Å². The summed E-state index contributed by atoms with van der Waals surface area (Å²) in [5.41, 5.74) is 0. The van der Waals surface area contributed by atoms with E-state index in [1.54, 1.807) is 0 Å². The predicted octanol–water partition coefficient (Wildman–Crippen LogP) is 0.975. The quantitative estimate of drug-likeness (QED) is 0.788. The van der Waals surface area contributed by atoms with Gasteiger partial charge in [0, 0.05) is 31.1 Å². The Bertz CT molecular complexity index is 266. The van der Waals surface area contributed by atoms with Crippen molar-refractivity contribution < 1.29 is 4.79 Å². The maximum Gasteiger partial charge on any atom is 0.223 e. The minimum absolute atomic E-state index is 0.245. The van der Waals surface area contributed by atoms with Crippen molar-refractivity contribution in [2.24, 2.45) is 5.92 Å². The third-order valence-electron chi connectivity index (χ3n) is 4.32. The molecular weight excluding hydrogens is 226 g/mol. The lowest BCUT2D eigenvalue weighted by Crippen LogP contribution is -2.48. The molecule has 4 nitrogen and oxygen atoms in total. The molecule has 0 aromatic rings. The second-order valence-electron chi connectivity index (χ2n) is 5.94. The summed E-state index contributed by atoms with van der Waals surface area (Å²) in [7, 11) is 0. The minimum Gasteiger partial charge on any atom is -0.353 e. The molecule has 0 unspecified atom stereocenters. The molecule has 0 aliphatic carbocycles. The highest BCUT2D eigenvalue weighted by Crippen LogP contribution is 2.16. The molecule has 0 aromatic carbocycles. The fourth-order valence-corrected chi connectivity index (χ4v) is 2.96. The number of carbonyl (C=O) groups excluding carboxylic acids is 1. The fourth-order valence-electron chi connectivity index (χ4n) is 2.96. The van der Waals surface area contributed by atoms with Crippen LogP contribution in [0.1, 0.15) is 39.5 Å². The summed E-state index contributed by atoms with van der Waals surface area (Å²) in [6.07, 6.45) is 4.21. The summed E-state index contributed by atoms with van der Waals surface area (Å²) in [6.45, 7) is 8.71. The maximum atomic E-state index is 12.1. The van der Waals surface area contributed by atoms with Crippen LogP contribution in [0.15, 0.2) is 0 Å². The van der Waals surface area contributed by atoms with E-state index >= 15 is 0 Å². The number of likely N-dealkylation sites (tertiary alicyclic amines) is 1. The fraction of sp³-hybridized carbons (Fsp3) is 0.929. The van der Waals surface area contributed by atoms with E-state index in [0.717, 1.165) is 51.9 Å². The van der Waals surface area contributed by atoms with Crippen molar-refractivity contribution in [3.8, 4) is 0 Å². The number of amides is 1. The molecule has 0 aromatic heterocycles. The lowest BCUT2D eigenvalue weighted by Gasteiger charge is -2.35. The van der Waals surface area contributed by atoms with Crippen LogP contribution in [0.25, 0.3) is 0 Å². The smallest absolute Gasteiger partial charge is 0.223 e. The van der Waals surface area contributed by atoms with E-state index in [-0.39, 0.29) is 5.92 Å². The van der Waals surface area contributed by atoms with Gasteiger partial charge in [-0.1, -0.05) is 0 Å². The van der Waals surface area contributed by atoms with Crippen molar-refractivity contribution in [2.75, 3.05) is 26.2 Å². The zero-order valence-electron chi connectivity index (χ0n) is 11.7. The Morgan fingerprint density at radius 2 is 1.78 bits per heavy atom. The molecule has 104 valence electrons. The number of nitrogens with one attached hydrogen (secondary N) is 2. The van der Waals surface area contributed by atoms with Gasteiger partial charge in [-0.15, -0.1) is 0 Å². The molecule has 0 atom stereocenters. The lowest BCUT2D eigenvalue weighted by molar-refractivity contribution is -0.126. The van der Waals surface area contributed by atoms with E-state index in [1.165, 1.54) is 0 Å². The summed E-state index contributed by atoms with van der Waals surface area (Å²) in [6, 6.07) is 1.04. The van der Waals surface area contributed by atoms with E-state index in [1.807, 2.05) is 0 Å². The largest absolute Gasteiger partial charge is 0.353 e. The number of nitrogens with zero attached hydrogens (tertiary/aromatic N) is 1. The summed E-state index contributed by atoms with van der Waals surface area (Å²) < 4.78 is 0. The van der Waals surface area contributed by atoms with E-state index in [0.29, 0.717) is 18.0 Å². The molecule has 2 N–H and O–H groups in total. The van der Waals surface area contributed by atoms with Crippen LogP contribution in [0.5, 0.6) is 0 Å². The molecule has 2 fully saturated rings. The molecule has 2 aliphatic rings. The molecule has 1 amide bonds. The van der Waals surface area contributed by atoms with Crippen molar-refractivity contribution in [2.45, 2.75) is 51.6 Å². The van der Waals surface area contributed by atoms with Crippen molar-refractivity contribution in [3.63, 3.8) is 0 Å². The molecule has 18 heavy (non-hydrogen) atoms. The second kappa shape index (κ2) is 6.53. The molecular formula is C14H27N3O. The van der Waals surface area contributed by atoms with Crippen LogP contribution in [0.3, 0.4) is 0 Å². The average Bonchev–Trinajstić information content (AvgIpc) is 2.40. The van der Waals surface area contributed by atoms with E-state index < -0.39 is 0 Å². The predicted molar refractivity (Wildman–Crippen MR) is 73.5 cm³/mol. The van der Waals surface area contributed by atoms with Gasteiger partial charge in [-0.05, 0) is 52.6 Å². The average molecular weight is 253 g/mol. The highest BCUT2D eigenvalue weighted by Gasteiger charge is 2.26. The third kappa shape index (κ3) is 3.69. The number of piperidine rings is 2. The Hall–Kier alpha value is -0.610. The summed E-state index contributed by atoms with van der Waals surface area (Å²) in [5.74, 6) is 0.536. The normalized spacial score (nSPS) is 24.4. The Morgan fingerprint density at radius 1 is 1.17 bits per heavy atom. The molecule has 0 bridgehead atoms. The van der Waals surface area contributed by atoms with Gasteiger partial charge in [0.1, 0.15) is 0 Å². The van der Waals surface area contributed by atoms with Crippen LogP contribution < -0.4 is 10.6 Å². The minimum atomic E-state index is 0.245. The zero-order valence-corrected chi connectivity index (χ0v) is 11.7. The van der Waals surface area contributed by atoms with Crippen LogP contribution in [-0.4, -0.2) is 49.1 Å². The Labute approximate surface area is 110 Å². The van der Waals surface area contributed by atoms with E-state index in [2.05, 4.69) is 29.4 Å². The molecule has 4 heteroatoms. The van der Waals surface area contributed by atoms with Crippen molar-refractivity contribution in [1.82, 2.24) is 15.5 Å². The summed E-state index contributed by atoms with van der Waals surface area (Å²) in [5, 5.41) is 6.56. The van der Waals surface area contributed by atoms with Crippen LogP contribution in [0, 0.1) is 5.92 Å². The van der Waals surface area contributed by atoms with Gasteiger partial charge in [-0.3, -0.25) is 4.79 Å². The van der Waals surface area contributed by atoms with Crippen LogP contribution in [0.4, 0.5) is 0 Å². The standard InChI is InChI=1S/C14H27N3O/c1-11(2)17-9-5-13(6-10-17)16-14(18)12-3-7-15-8-4-12/h11-13,15H,3-10H2,1-2H3,(H,16,18). The number of hydrogen-bond acceptors (Lipinski definition) is 3. The van der Waals surface area contributed by atoms with Crippen LogP contribution in [-0.2, 0) is 4.79 Å². The lowest BCUT2D eigenvalue weighted by atomic mass is 9.95. The van der Waals surface area contributed by atoms with Crippen LogP contribution >= 0.6 is 0 Å². The van der Waals surface area contributed by atoms with Gasteiger partial charge in [0.2, 0.25) is 5.91 Å². The first-order chi connectivity index (χ1) is 8.66. The number of carbonyl (C=O) groups is 1. The Morgan fingerprint density at radius 3 is 2.33 bits per heavy atom. The molecule has 0 spiro atoms. The Kier molecular flexibility index (Phi) is 5.01. The monoisotopic (exact) mass is 253 g/mol. The van der Waals surface area contributed by atoms with Crippen molar-refractivity contribution in [3.05, 3.63) is 0 Å². The molecule has 2 saturated heterocycles. The van der Waals surface area contributed by atoms with Crippen LogP contribution in [0.2, 0.25) is 0 Å². The molecule has 0 radical (unpaired) electrons. The summed E-state index contributed by atoms with van der Waals surface area (Å²) >= 11 is 0. The van der Waals surface area contributed by atoms with Gasteiger partial charge in [0.15, 0.2) is 0 Å². The zero-order chi connectivity index (χ0) is 13.0. The van der Waals surface area contributed by atoms with Crippen molar-refractivity contribution in [1.29, 1.82) is 0 Å². The highest BCUT2D eigenvalue weighted by molar-refractivity contribution is 5.79. The second-order valence-corrected chi connectivity index (χ2v) is 5.94. The summed E-state index contributed by atoms with van der Waals surface area (Å²) in [4.78, 5) is 14.6. The first-order valence-electron chi connectivity index (χ1n) is 7.42. The van der Waals surface area contributed by atoms with Crippen molar-refractivity contribution >= 4 is 5.91 Å². The van der Waals surface area contributed by atoms with Gasteiger partial charge in [0.25, 0.3) is 0 Å². The number of hydrogen-bond donors (Lipinski definition) is 2. The van der Waals surface area contributed by atoms with E-state index in [9.17, 15) is 4.79 Å². The Balaban J connectivity index is 1.72. The highest BCUT2D eigenvalue weighted by atomic mass is 16.1. The first-order valence-corrected chi connectivity index (χ1v) is 7.42. The molecule has 2 aliphatic heterocycles.